The molecule has 0 saturated carbocycles. The van der Waals surface area contributed by atoms with Gasteiger partial charge in [0, 0.05) is 36.6 Å². The summed E-state index contributed by atoms with van der Waals surface area (Å²) in [6.07, 6.45) is 0. The van der Waals surface area contributed by atoms with Crippen molar-refractivity contribution in [2.45, 2.75) is 6.92 Å². The maximum Gasteiger partial charge on any atom is 0.251 e. The van der Waals surface area contributed by atoms with Crippen LogP contribution in [0.15, 0.2) is 48.5 Å². The minimum atomic E-state index is -0.245. The SMILES string of the molecule is CNC(=O)c1cccc(NCC(=O)Nc2cccc(NC(C)=O)c2)c1. The Morgan fingerprint density at radius 3 is 2.20 bits per heavy atom. The van der Waals surface area contributed by atoms with E-state index in [1.165, 1.54) is 6.92 Å². The molecule has 7 nitrogen and oxygen atoms in total. The monoisotopic (exact) mass is 340 g/mol. The molecule has 4 N–H and O–H groups in total. The minimum absolute atomic E-state index is 0.0432. The Morgan fingerprint density at radius 2 is 1.52 bits per heavy atom. The summed E-state index contributed by atoms with van der Waals surface area (Å²) in [5.74, 6) is -0.616. The average Bonchev–Trinajstić information content (AvgIpc) is 2.59. The number of anilines is 3. The largest absolute Gasteiger partial charge is 0.376 e. The van der Waals surface area contributed by atoms with Crippen LogP contribution in [0.3, 0.4) is 0 Å². The highest BCUT2D eigenvalue weighted by Gasteiger charge is 2.06. The summed E-state index contributed by atoms with van der Waals surface area (Å²) in [5, 5.41) is 10.9. The normalized spacial score (nSPS) is 9.84. The summed E-state index contributed by atoms with van der Waals surface area (Å²) in [5.41, 5.74) is 2.37. The lowest BCUT2D eigenvalue weighted by molar-refractivity contribution is -0.115. The van der Waals surface area contributed by atoms with Gasteiger partial charge in [-0.25, -0.2) is 0 Å². The van der Waals surface area contributed by atoms with Crippen molar-refractivity contribution >= 4 is 34.8 Å². The van der Waals surface area contributed by atoms with Crippen LogP contribution in [-0.4, -0.2) is 31.3 Å². The van der Waals surface area contributed by atoms with Crippen LogP contribution in [-0.2, 0) is 9.59 Å². The Labute approximate surface area is 145 Å². The van der Waals surface area contributed by atoms with E-state index in [1.54, 1.807) is 55.6 Å². The fourth-order valence-corrected chi connectivity index (χ4v) is 2.18. The predicted octanol–water partition coefficient (Wildman–Crippen LogP) is 2.06. The molecule has 3 amide bonds. The van der Waals surface area contributed by atoms with E-state index in [2.05, 4.69) is 21.3 Å². The van der Waals surface area contributed by atoms with E-state index in [4.69, 9.17) is 0 Å². The van der Waals surface area contributed by atoms with Gasteiger partial charge in [-0.1, -0.05) is 12.1 Å². The van der Waals surface area contributed by atoms with Crippen LogP contribution < -0.4 is 21.3 Å². The zero-order valence-corrected chi connectivity index (χ0v) is 14.1. The molecule has 130 valence electrons. The summed E-state index contributed by atoms with van der Waals surface area (Å²) >= 11 is 0. The molecule has 0 heterocycles. The molecule has 0 spiro atoms. The molecule has 0 aromatic heterocycles. The molecule has 0 aliphatic carbocycles. The number of carbonyl (C=O) groups excluding carboxylic acids is 3. The Morgan fingerprint density at radius 1 is 0.880 bits per heavy atom. The molecular weight excluding hydrogens is 320 g/mol. The third-order valence-corrected chi connectivity index (χ3v) is 3.27. The summed E-state index contributed by atoms with van der Waals surface area (Å²) in [6, 6.07) is 13.8. The number of amides is 3. The van der Waals surface area contributed by atoms with Gasteiger partial charge in [-0.05, 0) is 36.4 Å². The lowest BCUT2D eigenvalue weighted by Crippen LogP contribution is -2.22. The summed E-state index contributed by atoms with van der Waals surface area (Å²) in [7, 11) is 1.56. The molecule has 0 atom stereocenters. The van der Waals surface area contributed by atoms with Gasteiger partial charge >= 0.3 is 0 Å². The van der Waals surface area contributed by atoms with Gasteiger partial charge < -0.3 is 21.3 Å². The minimum Gasteiger partial charge on any atom is -0.376 e. The Balaban J connectivity index is 1.93. The highest BCUT2D eigenvalue weighted by atomic mass is 16.2. The Kier molecular flexibility index (Phi) is 6.11. The highest BCUT2D eigenvalue weighted by molar-refractivity contribution is 5.96. The molecule has 0 aliphatic heterocycles. The summed E-state index contributed by atoms with van der Waals surface area (Å²) < 4.78 is 0. The quantitative estimate of drug-likeness (QED) is 0.647. The van der Waals surface area contributed by atoms with Crippen molar-refractivity contribution in [3.8, 4) is 0 Å². The number of rotatable bonds is 6. The van der Waals surface area contributed by atoms with E-state index in [0.29, 0.717) is 22.6 Å². The van der Waals surface area contributed by atoms with Gasteiger partial charge in [0.1, 0.15) is 0 Å². The Bertz CT molecular complexity index is 789. The highest BCUT2D eigenvalue weighted by Crippen LogP contribution is 2.15. The fourth-order valence-electron chi connectivity index (χ4n) is 2.18. The topological polar surface area (TPSA) is 99.3 Å². The molecule has 0 unspecified atom stereocenters. The number of hydrogen-bond donors (Lipinski definition) is 4. The van der Waals surface area contributed by atoms with Crippen LogP contribution in [0.4, 0.5) is 17.1 Å². The molecule has 2 aromatic carbocycles. The van der Waals surface area contributed by atoms with Gasteiger partial charge in [-0.2, -0.15) is 0 Å². The van der Waals surface area contributed by atoms with E-state index in [-0.39, 0.29) is 24.3 Å². The molecule has 7 heteroatoms. The molecular formula is C18H20N4O3. The van der Waals surface area contributed by atoms with Gasteiger partial charge in [0.05, 0.1) is 6.54 Å². The van der Waals surface area contributed by atoms with E-state index < -0.39 is 0 Å². The maximum atomic E-state index is 12.1. The lowest BCUT2D eigenvalue weighted by Gasteiger charge is -2.10. The van der Waals surface area contributed by atoms with Crippen molar-refractivity contribution in [3.63, 3.8) is 0 Å². The lowest BCUT2D eigenvalue weighted by atomic mass is 10.2. The van der Waals surface area contributed by atoms with Gasteiger partial charge in [0.15, 0.2) is 0 Å². The first-order valence-electron chi connectivity index (χ1n) is 7.71. The van der Waals surface area contributed by atoms with E-state index >= 15 is 0 Å². The smallest absolute Gasteiger partial charge is 0.251 e. The third-order valence-electron chi connectivity index (χ3n) is 3.27. The molecule has 25 heavy (non-hydrogen) atoms. The van der Waals surface area contributed by atoms with E-state index in [9.17, 15) is 14.4 Å². The van der Waals surface area contributed by atoms with Crippen molar-refractivity contribution in [1.29, 1.82) is 0 Å². The zero-order valence-electron chi connectivity index (χ0n) is 14.1. The number of carbonyl (C=O) groups is 3. The summed E-state index contributed by atoms with van der Waals surface area (Å²) in [4.78, 5) is 34.7. The molecule has 0 fully saturated rings. The van der Waals surface area contributed by atoms with Gasteiger partial charge in [-0.15, -0.1) is 0 Å². The summed E-state index contributed by atoms with van der Waals surface area (Å²) in [6.45, 7) is 1.46. The second-order valence-electron chi connectivity index (χ2n) is 5.32. The van der Waals surface area contributed by atoms with Crippen LogP contribution in [0.1, 0.15) is 17.3 Å². The van der Waals surface area contributed by atoms with Crippen molar-refractivity contribution in [2.24, 2.45) is 0 Å². The van der Waals surface area contributed by atoms with E-state index in [1.807, 2.05) is 0 Å². The second kappa shape index (κ2) is 8.49. The Hall–Kier alpha value is -3.35. The number of hydrogen-bond acceptors (Lipinski definition) is 4. The van der Waals surface area contributed by atoms with Crippen LogP contribution in [0.2, 0.25) is 0 Å². The third kappa shape index (κ3) is 5.65. The first-order chi connectivity index (χ1) is 12.0. The van der Waals surface area contributed by atoms with E-state index in [0.717, 1.165) is 0 Å². The first kappa shape index (κ1) is 18.0. The van der Waals surface area contributed by atoms with Crippen molar-refractivity contribution < 1.29 is 14.4 Å². The molecule has 2 aromatic rings. The van der Waals surface area contributed by atoms with Crippen LogP contribution in [0.5, 0.6) is 0 Å². The average molecular weight is 340 g/mol. The molecule has 0 aliphatic rings. The van der Waals surface area contributed by atoms with Crippen molar-refractivity contribution in [2.75, 3.05) is 29.5 Å². The number of nitrogens with one attached hydrogen (secondary N) is 4. The molecule has 0 bridgehead atoms. The van der Waals surface area contributed by atoms with Crippen molar-refractivity contribution in [3.05, 3.63) is 54.1 Å². The van der Waals surface area contributed by atoms with Gasteiger partial charge in [0.25, 0.3) is 5.91 Å². The van der Waals surface area contributed by atoms with Crippen LogP contribution >= 0.6 is 0 Å². The number of benzene rings is 2. The zero-order chi connectivity index (χ0) is 18.2. The van der Waals surface area contributed by atoms with Crippen molar-refractivity contribution in [1.82, 2.24) is 5.32 Å². The van der Waals surface area contributed by atoms with Crippen LogP contribution in [0, 0.1) is 0 Å². The van der Waals surface area contributed by atoms with Crippen LogP contribution in [0.25, 0.3) is 0 Å². The van der Waals surface area contributed by atoms with Gasteiger partial charge in [-0.3, -0.25) is 14.4 Å². The first-order valence-corrected chi connectivity index (χ1v) is 7.71. The molecule has 0 saturated heterocycles. The molecule has 0 radical (unpaired) electrons. The van der Waals surface area contributed by atoms with Gasteiger partial charge in [0.2, 0.25) is 11.8 Å². The molecule has 2 rings (SSSR count). The maximum absolute atomic E-state index is 12.1. The predicted molar refractivity (Wildman–Crippen MR) is 97.7 cm³/mol. The fraction of sp³-hybridized carbons (Fsp3) is 0.167. The standard InChI is InChI=1S/C18H20N4O3/c1-12(23)21-15-7-4-8-16(10-15)22-17(24)11-20-14-6-3-5-13(9-14)18(25)19-2/h3-10,20H,11H2,1-2H3,(H,19,25)(H,21,23)(H,22,24). The second-order valence-corrected chi connectivity index (χ2v) is 5.32.